The van der Waals surface area contributed by atoms with Gasteiger partial charge < -0.3 is 0 Å². The van der Waals surface area contributed by atoms with Crippen LogP contribution in [0.5, 0.6) is 0 Å². The second-order valence-electron chi connectivity index (χ2n) is 10.6. The molecular weight excluding hydrogens is 493 g/mol. The standard InChI is InChI=1S/C17H31F.C13H6F6/c1-2-3-14-4-8-16(9-5-14)17-10-6-15(7-11-17)12-13-18;14-8-2-3-9(11(15)6-8)7-1-4-10(12(16)5-7)13(17,18)19/h14-17H,2-13H2,1H3;1-6H. The smallest absolute Gasteiger partial charge is 0.251 e. The molecule has 0 atom stereocenters. The fourth-order valence-electron chi connectivity index (χ4n) is 6.10. The van der Waals surface area contributed by atoms with E-state index in [1.54, 1.807) is 0 Å². The highest BCUT2D eigenvalue weighted by molar-refractivity contribution is 5.64. The van der Waals surface area contributed by atoms with Crippen molar-refractivity contribution in [3.63, 3.8) is 0 Å². The molecular formula is C30H37F7. The minimum absolute atomic E-state index is 0.0944. The number of rotatable bonds is 6. The molecule has 0 heterocycles. The van der Waals surface area contributed by atoms with Crippen LogP contribution in [-0.2, 0) is 6.18 Å². The summed E-state index contributed by atoms with van der Waals surface area (Å²) in [5.41, 5.74) is -1.70. The van der Waals surface area contributed by atoms with Crippen molar-refractivity contribution in [3.05, 3.63) is 59.4 Å². The highest BCUT2D eigenvalue weighted by Gasteiger charge is 2.34. The topological polar surface area (TPSA) is 0 Å². The van der Waals surface area contributed by atoms with Gasteiger partial charge in [-0.15, -0.1) is 0 Å². The third-order valence-corrected chi connectivity index (χ3v) is 8.18. The maximum Gasteiger partial charge on any atom is 0.419 e. The molecule has 2 aliphatic carbocycles. The Labute approximate surface area is 215 Å². The summed E-state index contributed by atoms with van der Waals surface area (Å²) in [5, 5.41) is 0. The Morgan fingerprint density at radius 1 is 0.703 bits per heavy atom. The first-order valence-electron chi connectivity index (χ1n) is 13.5. The first-order chi connectivity index (χ1) is 17.6. The monoisotopic (exact) mass is 530 g/mol. The molecule has 2 fully saturated rings. The zero-order valence-corrected chi connectivity index (χ0v) is 21.4. The molecule has 0 nitrogen and oxygen atoms in total. The average Bonchev–Trinajstić information content (AvgIpc) is 2.85. The van der Waals surface area contributed by atoms with Crippen LogP contribution in [0.25, 0.3) is 11.1 Å². The van der Waals surface area contributed by atoms with Gasteiger partial charge >= 0.3 is 6.18 Å². The lowest BCUT2D eigenvalue weighted by Gasteiger charge is -2.37. The fraction of sp³-hybridized carbons (Fsp3) is 0.600. The van der Waals surface area contributed by atoms with Crippen molar-refractivity contribution < 1.29 is 30.7 Å². The Bertz CT molecular complexity index is 944. The number of halogens is 7. The lowest BCUT2D eigenvalue weighted by atomic mass is 9.68. The van der Waals surface area contributed by atoms with Crippen molar-refractivity contribution in [2.45, 2.75) is 83.7 Å². The van der Waals surface area contributed by atoms with Gasteiger partial charge in [0.15, 0.2) is 0 Å². The Morgan fingerprint density at radius 3 is 1.73 bits per heavy atom. The van der Waals surface area contributed by atoms with E-state index in [4.69, 9.17) is 0 Å². The Balaban J connectivity index is 0.000000206. The molecule has 7 heteroatoms. The summed E-state index contributed by atoms with van der Waals surface area (Å²) in [5.74, 6) is 0.450. The highest BCUT2D eigenvalue weighted by atomic mass is 19.4. The molecule has 2 aliphatic rings. The lowest BCUT2D eigenvalue weighted by Crippen LogP contribution is -2.26. The Hall–Kier alpha value is -2.05. The minimum atomic E-state index is -4.82. The summed E-state index contributed by atoms with van der Waals surface area (Å²) in [6, 6.07) is 4.57. The van der Waals surface area contributed by atoms with Crippen LogP contribution >= 0.6 is 0 Å². The fourth-order valence-corrected chi connectivity index (χ4v) is 6.10. The molecule has 4 rings (SSSR count). The van der Waals surface area contributed by atoms with Crippen molar-refractivity contribution in [1.82, 2.24) is 0 Å². The molecule has 37 heavy (non-hydrogen) atoms. The van der Waals surface area contributed by atoms with E-state index in [2.05, 4.69) is 6.92 Å². The van der Waals surface area contributed by atoms with Crippen LogP contribution in [0.15, 0.2) is 36.4 Å². The van der Waals surface area contributed by atoms with Gasteiger partial charge in [0.2, 0.25) is 0 Å². The largest absolute Gasteiger partial charge is 0.419 e. The van der Waals surface area contributed by atoms with Crippen molar-refractivity contribution in [1.29, 1.82) is 0 Å². The van der Waals surface area contributed by atoms with E-state index in [-0.39, 0.29) is 17.8 Å². The second-order valence-corrected chi connectivity index (χ2v) is 10.6. The SMILES string of the molecule is CCCC1CCC(C2CCC(CCF)CC2)CC1.Fc1ccc(-c2ccc(C(F)(F)F)c(F)c2)c(F)c1. The van der Waals surface area contributed by atoms with Gasteiger partial charge in [0.05, 0.1) is 12.2 Å². The molecule has 2 aromatic carbocycles. The Kier molecular flexibility index (Phi) is 10.9. The van der Waals surface area contributed by atoms with E-state index >= 15 is 0 Å². The van der Waals surface area contributed by atoms with Crippen molar-refractivity contribution >= 4 is 0 Å². The molecule has 0 aromatic heterocycles. The summed E-state index contributed by atoms with van der Waals surface area (Å²) in [6.45, 7) is 2.22. The van der Waals surface area contributed by atoms with Gasteiger partial charge in [-0.25, -0.2) is 13.2 Å². The zero-order valence-electron chi connectivity index (χ0n) is 21.4. The first kappa shape index (κ1) is 29.5. The summed E-state index contributed by atoms with van der Waals surface area (Å²) >= 11 is 0. The van der Waals surface area contributed by atoms with Gasteiger partial charge in [-0.2, -0.15) is 13.2 Å². The molecule has 0 aliphatic heterocycles. The van der Waals surface area contributed by atoms with E-state index < -0.39 is 29.2 Å². The third kappa shape index (κ3) is 8.47. The summed E-state index contributed by atoms with van der Waals surface area (Å²) < 4.78 is 88.8. The van der Waals surface area contributed by atoms with E-state index in [1.165, 1.54) is 64.2 Å². The molecule has 0 radical (unpaired) electrons. The number of benzene rings is 2. The van der Waals surface area contributed by atoms with Crippen LogP contribution in [0.1, 0.15) is 83.1 Å². The normalized spacial score (nSPS) is 24.3. The highest BCUT2D eigenvalue weighted by Crippen LogP contribution is 2.42. The number of hydrogen-bond acceptors (Lipinski definition) is 0. The molecule has 206 valence electrons. The van der Waals surface area contributed by atoms with Crippen molar-refractivity contribution in [2.24, 2.45) is 23.7 Å². The van der Waals surface area contributed by atoms with Gasteiger partial charge in [0, 0.05) is 11.6 Å². The minimum Gasteiger partial charge on any atom is -0.251 e. The molecule has 0 unspecified atom stereocenters. The average molecular weight is 531 g/mol. The van der Waals surface area contributed by atoms with Crippen LogP contribution in [-0.4, -0.2) is 6.67 Å². The van der Waals surface area contributed by atoms with Gasteiger partial charge in [0.25, 0.3) is 0 Å². The zero-order chi connectivity index (χ0) is 27.0. The van der Waals surface area contributed by atoms with Crippen LogP contribution in [0, 0.1) is 41.1 Å². The van der Waals surface area contributed by atoms with Gasteiger partial charge in [-0.3, -0.25) is 4.39 Å². The first-order valence-corrected chi connectivity index (χ1v) is 13.5. The molecule has 0 saturated heterocycles. The second kappa shape index (κ2) is 13.7. The quantitative estimate of drug-likeness (QED) is 0.326. The lowest BCUT2D eigenvalue weighted by molar-refractivity contribution is -0.139. The predicted octanol–water partition coefficient (Wildman–Crippen LogP) is 10.5. The van der Waals surface area contributed by atoms with E-state index in [9.17, 15) is 30.7 Å². The molecule has 2 aromatic rings. The van der Waals surface area contributed by atoms with Crippen LogP contribution in [0.4, 0.5) is 30.7 Å². The van der Waals surface area contributed by atoms with E-state index in [0.29, 0.717) is 24.1 Å². The maximum atomic E-state index is 13.4. The summed E-state index contributed by atoms with van der Waals surface area (Å²) in [6.07, 6.45) is 10.2. The number of hydrogen-bond donors (Lipinski definition) is 0. The van der Waals surface area contributed by atoms with Crippen LogP contribution < -0.4 is 0 Å². The van der Waals surface area contributed by atoms with E-state index in [0.717, 1.165) is 42.4 Å². The molecule has 2 saturated carbocycles. The van der Waals surface area contributed by atoms with Crippen LogP contribution in [0.2, 0.25) is 0 Å². The van der Waals surface area contributed by atoms with Crippen molar-refractivity contribution in [2.75, 3.05) is 6.67 Å². The maximum absolute atomic E-state index is 13.4. The molecule has 0 bridgehead atoms. The van der Waals surface area contributed by atoms with Gasteiger partial charge in [0.1, 0.15) is 17.5 Å². The summed E-state index contributed by atoms with van der Waals surface area (Å²) in [7, 11) is 0. The molecule has 0 amide bonds. The summed E-state index contributed by atoms with van der Waals surface area (Å²) in [4.78, 5) is 0. The number of alkyl halides is 4. The Morgan fingerprint density at radius 2 is 1.27 bits per heavy atom. The van der Waals surface area contributed by atoms with Gasteiger partial charge in [-0.05, 0) is 85.6 Å². The van der Waals surface area contributed by atoms with E-state index in [1.807, 2.05) is 0 Å². The third-order valence-electron chi connectivity index (χ3n) is 8.18. The van der Waals surface area contributed by atoms with Gasteiger partial charge in [-0.1, -0.05) is 51.5 Å². The molecule has 0 spiro atoms. The predicted molar refractivity (Wildman–Crippen MR) is 133 cm³/mol. The van der Waals surface area contributed by atoms with Crippen LogP contribution in [0.3, 0.4) is 0 Å². The van der Waals surface area contributed by atoms with Crippen molar-refractivity contribution in [3.8, 4) is 11.1 Å². The molecule has 0 N–H and O–H groups in total.